The Hall–Kier alpha value is -2.16. The molecule has 1 amide bonds. The molecular weight excluding hydrogens is 390 g/mol. The van der Waals surface area contributed by atoms with E-state index in [4.69, 9.17) is 11.6 Å². The number of halogens is 1. The third-order valence-electron chi connectivity index (χ3n) is 3.45. The lowest BCUT2D eigenvalue weighted by atomic mass is 10.2. The molecule has 6 nitrogen and oxygen atoms in total. The molecular formula is C17H16ClN5OS2. The molecule has 9 heteroatoms. The second-order valence-electron chi connectivity index (χ2n) is 5.34. The standard InChI is InChI=1S/C17H16ClN5OS2/c1-11-13(18)5-2-6-14(11)21-16-22-23-17(26-16)25-10-15(24)20-9-12-4-3-7-19-8-12/h2-8H,9-10H2,1H3,(H,20,24)(H,21,22). The van der Waals surface area contributed by atoms with Gasteiger partial charge in [-0.25, -0.2) is 0 Å². The van der Waals surface area contributed by atoms with Crippen molar-refractivity contribution in [3.63, 3.8) is 0 Å². The summed E-state index contributed by atoms with van der Waals surface area (Å²) in [5.41, 5.74) is 2.80. The molecule has 0 spiro atoms. The number of carbonyl (C=O) groups excluding carboxylic acids is 1. The highest BCUT2D eigenvalue weighted by molar-refractivity contribution is 8.01. The first-order valence-corrected chi connectivity index (χ1v) is 9.94. The summed E-state index contributed by atoms with van der Waals surface area (Å²) in [5.74, 6) is 0.222. The topological polar surface area (TPSA) is 79.8 Å². The van der Waals surface area contributed by atoms with Crippen LogP contribution in [0.5, 0.6) is 0 Å². The number of anilines is 2. The van der Waals surface area contributed by atoms with Gasteiger partial charge in [0.15, 0.2) is 4.34 Å². The van der Waals surface area contributed by atoms with Crippen molar-refractivity contribution >= 4 is 51.4 Å². The molecule has 0 bridgehead atoms. The van der Waals surface area contributed by atoms with E-state index in [9.17, 15) is 4.79 Å². The molecule has 2 N–H and O–H groups in total. The van der Waals surface area contributed by atoms with E-state index in [0.29, 0.717) is 16.7 Å². The van der Waals surface area contributed by atoms with Crippen LogP contribution >= 0.6 is 34.7 Å². The maximum atomic E-state index is 11.9. The summed E-state index contributed by atoms with van der Waals surface area (Å²) in [6.45, 7) is 2.40. The number of benzene rings is 1. The van der Waals surface area contributed by atoms with Gasteiger partial charge in [-0.15, -0.1) is 10.2 Å². The van der Waals surface area contributed by atoms with E-state index in [0.717, 1.165) is 21.2 Å². The third kappa shape index (κ3) is 5.17. The maximum Gasteiger partial charge on any atom is 0.230 e. The third-order valence-corrected chi connectivity index (χ3v) is 5.84. The van der Waals surface area contributed by atoms with Crippen molar-refractivity contribution < 1.29 is 4.79 Å². The highest BCUT2D eigenvalue weighted by Gasteiger charge is 2.10. The molecule has 0 fully saturated rings. The second-order valence-corrected chi connectivity index (χ2v) is 7.94. The molecule has 3 rings (SSSR count). The number of hydrogen-bond acceptors (Lipinski definition) is 7. The Morgan fingerprint density at radius 1 is 1.27 bits per heavy atom. The summed E-state index contributed by atoms with van der Waals surface area (Å²) in [5, 5.41) is 15.6. The molecule has 3 aromatic rings. The van der Waals surface area contributed by atoms with Gasteiger partial charge in [-0.3, -0.25) is 9.78 Å². The van der Waals surface area contributed by atoms with Gasteiger partial charge >= 0.3 is 0 Å². The van der Waals surface area contributed by atoms with Crippen LogP contribution in [0.15, 0.2) is 47.1 Å². The molecule has 0 saturated heterocycles. The molecule has 0 saturated carbocycles. The summed E-state index contributed by atoms with van der Waals surface area (Å²) in [6.07, 6.45) is 3.43. The van der Waals surface area contributed by atoms with Gasteiger partial charge < -0.3 is 10.6 Å². The second kappa shape index (κ2) is 8.98. The molecule has 0 atom stereocenters. The molecule has 0 aliphatic rings. The quantitative estimate of drug-likeness (QED) is 0.577. The average Bonchev–Trinajstić information content (AvgIpc) is 3.10. The smallest absolute Gasteiger partial charge is 0.230 e. The Morgan fingerprint density at radius 3 is 2.96 bits per heavy atom. The molecule has 0 radical (unpaired) electrons. The van der Waals surface area contributed by atoms with E-state index in [2.05, 4.69) is 25.8 Å². The van der Waals surface area contributed by atoms with Crippen molar-refractivity contribution in [1.82, 2.24) is 20.5 Å². The zero-order valence-electron chi connectivity index (χ0n) is 13.9. The van der Waals surface area contributed by atoms with Crippen LogP contribution in [0.4, 0.5) is 10.8 Å². The first-order chi connectivity index (χ1) is 12.6. The SMILES string of the molecule is Cc1c(Cl)cccc1Nc1nnc(SCC(=O)NCc2cccnc2)s1. The largest absolute Gasteiger partial charge is 0.351 e. The average molecular weight is 406 g/mol. The number of nitrogens with zero attached hydrogens (tertiary/aromatic N) is 3. The molecule has 1 aromatic carbocycles. The van der Waals surface area contributed by atoms with Crippen LogP contribution in [0, 0.1) is 6.92 Å². The fourth-order valence-electron chi connectivity index (χ4n) is 2.06. The minimum absolute atomic E-state index is 0.0609. The van der Waals surface area contributed by atoms with Crippen LogP contribution in [0.1, 0.15) is 11.1 Å². The van der Waals surface area contributed by atoms with Gasteiger partial charge in [0.2, 0.25) is 11.0 Å². The Morgan fingerprint density at radius 2 is 2.15 bits per heavy atom. The van der Waals surface area contributed by atoms with E-state index in [1.165, 1.54) is 23.1 Å². The highest BCUT2D eigenvalue weighted by Crippen LogP contribution is 2.30. The molecule has 2 heterocycles. The molecule has 0 aliphatic carbocycles. The van der Waals surface area contributed by atoms with Crippen molar-refractivity contribution in [1.29, 1.82) is 0 Å². The first kappa shape index (κ1) is 18.6. The lowest BCUT2D eigenvalue weighted by molar-refractivity contribution is -0.118. The van der Waals surface area contributed by atoms with Gasteiger partial charge in [0.05, 0.1) is 5.75 Å². The van der Waals surface area contributed by atoms with Crippen molar-refractivity contribution in [2.45, 2.75) is 17.8 Å². The van der Waals surface area contributed by atoms with Gasteiger partial charge in [-0.05, 0) is 36.2 Å². The number of pyridine rings is 1. The molecule has 2 aromatic heterocycles. The highest BCUT2D eigenvalue weighted by atomic mass is 35.5. The summed E-state index contributed by atoms with van der Waals surface area (Å²) in [6, 6.07) is 9.41. The van der Waals surface area contributed by atoms with Gasteiger partial charge in [0, 0.05) is 29.6 Å². The van der Waals surface area contributed by atoms with Crippen molar-refractivity contribution in [2.75, 3.05) is 11.1 Å². The molecule has 26 heavy (non-hydrogen) atoms. The number of rotatable bonds is 7. The van der Waals surface area contributed by atoms with Gasteiger partial charge in [-0.1, -0.05) is 46.8 Å². The molecule has 0 aliphatic heterocycles. The van der Waals surface area contributed by atoms with Crippen LogP contribution in [-0.2, 0) is 11.3 Å². The Labute approximate surface area is 164 Å². The minimum atomic E-state index is -0.0609. The molecule has 134 valence electrons. The first-order valence-electron chi connectivity index (χ1n) is 7.76. The van der Waals surface area contributed by atoms with Crippen LogP contribution < -0.4 is 10.6 Å². The number of aromatic nitrogens is 3. The predicted molar refractivity (Wildman–Crippen MR) is 106 cm³/mol. The fraction of sp³-hybridized carbons (Fsp3) is 0.176. The van der Waals surface area contributed by atoms with Crippen molar-refractivity contribution in [2.24, 2.45) is 0 Å². The van der Waals surface area contributed by atoms with Crippen molar-refractivity contribution in [3.05, 3.63) is 58.9 Å². The number of carbonyl (C=O) groups is 1. The molecule has 0 unspecified atom stereocenters. The minimum Gasteiger partial charge on any atom is -0.351 e. The van der Waals surface area contributed by atoms with Gasteiger partial charge in [0.1, 0.15) is 0 Å². The van der Waals surface area contributed by atoms with Crippen LogP contribution in [0.25, 0.3) is 0 Å². The Balaban J connectivity index is 1.49. The summed E-state index contributed by atoms with van der Waals surface area (Å²) in [4.78, 5) is 16.0. The summed E-state index contributed by atoms with van der Waals surface area (Å²) >= 11 is 8.87. The van der Waals surface area contributed by atoms with E-state index in [1.807, 2.05) is 37.3 Å². The number of amides is 1. The van der Waals surface area contributed by atoms with Crippen molar-refractivity contribution in [3.8, 4) is 0 Å². The van der Waals surface area contributed by atoms with Crippen LogP contribution in [-0.4, -0.2) is 26.8 Å². The lowest BCUT2D eigenvalue weighted by Gasteiger charge is -2.06. The number of nitrogens with one attached hydrogen (secondary N) is 2. The summed E-state index contributed by atoms with van der Waals surface area (Å²) in [7, 11) is 0. The lowest BCUT2D eigenvalue weighted by Crippen LogP contribution is -2.24. The van der Waals surface area contributed by atoms with Crippen LogP contribution in [0.2, 0.25) is 5.02 Å². The number of thioether (sulfide) groups is 1. The summed E-state index contributed by atoms with van der Waals surface area (Å²) < 4.78 is 0.726. The predicted octanol–water partition coefficient (Wildman–Crippen LogP) is 4.05. The van der Waals surface area contributed by atoms with Gasteiger partial charge in [0.25, 0.3) is 0 Å². The van der Waals surface area contributed by atoms with E-state index in [-0.39, 0.29) is 11.7 Å². The van der Waals surface area contributed by atoms with E-state index in [1.54, 1.807) is 12.4 Å². The Kier molecular flexibility index (Phi) is 6.43. The fourth-order valence-corrected chi connectivity index (χ4v) is 3.83. The van der Waals surface area contributed by atoms with E-state index >= 15 is 0 Å². The zero-order valence-corrected chi connectivity index (χ0v) is 16.3. The normalized spacial score (nSPS) is 10.5. The monoisotopic (exact) mass is 405 g/mol. The van der Waals surface area contributed by atoms with E-state index < -0.39 is 0 Å². The van der Waals surface area contributed by atoms with Gasteiger partial charge in [-0.2, -0.15) is 0 Å². The zero-order chi connectivity index (χ0) is 18.4. The maximum absolute atomic E-state index is 11.9. The van der Waals surface area contributed by atoms with Crippen LogP contribution in [0.3, 0.4) is 0 Å². The number of hydrogen-bond donors (Lipinski definition) is 2. The Bertz CT molecular complexity index is 888.